The first-order valence-electron chi connectivity index (χ1n) is 8.41. The minimum atomic E-state index is 0.188. The van der Waals surface area contributed by atoms with Gasteiger partial charge in [0.25, 0.3) is 0 Å². The van der Waals surface area contributed by atoms with Crippen molar-refractivity contribution in [2.24, 2.45) is 0 Å². The molecule has 1 aliphatic rings. The van der Waals surface area contributed by atoms with Crippen LogP contribution in [0.15, 0.2) is 5.38 Å². The highest BCUT2D eigenvalue weighted by Crippen LogP contribution is 2.31. The highest BCUT2D eigenvalue weighted by molar-refractivity contribution is 7.09. The fourth-order valence-corrected chi connectivity index (χ4v) is 3.83. The van der Waals surface area contributed by atoms with Gasteiger partial charge < -0.3 is 14.4 Å². The lowest BCUT2D eigenvalue weighted by Gasteiger charge is -2.32. The van der Waals surface area contributed by atoms with Crippen molar-refractivity contribution in [2.45, 2.75) is 44.9 Å². The van der Waals surface area contributed by atoms with Crippen LogP contribution in [0, 0.1) is 0 Å². The predicted octanol–water partition coefficient (Wildman–Crippen LogP) is 3.03. The molecule has 5 nitrogen and oxygen atoms in total. The highest BCUT2D eigenvalue weighted by Gasteiger charge is 2.26. The minimum Gasteiger partial charge on any atom is -0.382 e. The Hall–Kier alpha value is -0.980. The molecular weight excluding hydrogens is 312 g/mol. The number of thiazole rings is 1. The fourth-order valence-electron chi connectivity index (χ4n) is 2.72. The van der Waals surface area contributed by atoms with Crippen LogP contribution in [0.3, 0.4) is 0 Å². The average molecular weight is 340 g/mol. The number of nitrogens with zero attached hydrogens (tertiary/aromatic N) is 2. The number of hydrogen-bond acceptors (Lipinski definition) is 5. The Balaban J connectivity index is 1.81. The molecule has 23 heavy (non-hydrogen) atoms. The van der Waals surface area contributed by atoms with E-state index in [-0.39, 0.29) is 5.91 Å². The smallest absolute Gasteiger partial charge is 0.224 e. The van der Waals surface area contributed by atoms with Gasteiger partial charge in [-0.15, -0.1) is 11.3 Å². The molecule has 1 saturated heterocycles. The van der Waals surface area contributed by atoms with Crippen LogP contribution in [-0.2, 0) is 14.3 Å². The number of ether oxygens (including phenoxy) is 2. The van der Waals surface area contributed by atoms with Gasteiger partial charge in [-0.1, -0.05) is 13.8 Å². The lowest BCUT2D eigenvalue weighted by Crippen LogP contribution is -2.39. The van der Waals surface area contributed by atoms with E-state index < -0.39 is 0 Å². The SMILES string of the molecule is COCCOCCC(=O)N1CCCC(c2nc(C(C)C)cs2)C1. The molecule has 1 aliphatic heterocycles. The minimum absolute atomic E-state index is 0.188. The van der Waals surface area contributed by atoms with Crippen LogP contribution in [0.4, 0.5) is 0 Å². The lowest BCUT2D eigenvalue weighted by molar-refractivity contribution is -0.133. The van der Waals surface area contributed by atoms with Gasteiger partial charge in [0.1, 0.15) is 0 Å². The summed E-state index contributed by atoms with van der Waals surface area (Å²) in [6, 6.07) is 0. The Bertz CT molecular complexity index is 490. The Morgan fingerprint density at radius 2 is 2.26 bits per heavy atom. The number of hydrogen-bond donors (Lipinski definition) is 0. The van der Waals surface area contributed by atoms with Gasteiger partial charge in [0.2, 0.25) is 5.91 Å². The predicted molar refractivity (Wildman–Crippen MR) is 92.1 cm³/mol. The van der Waals surface area contributed by atoms with Crippen LogP contribution in [-0.4, -0.2) is 55.8 Å². The van der Waals surface area contributed by atoms with E-state index in [2.05, 4.69) is 19.2 Å². The normalized spacial score (nSPS) is 18.6. The molecule has 0 aliphatic carbocycles. The summed E-state index contributed by atoms with van der Waals surface area (Å²) in [6.45, 7) is 7.57. The van der Waals surface area contributed by atoms with Gasteiger partial charge in [-0.2, -0.15) is 0 Å². The second-order valence-electron chi connectivity index (χ2n) is 6.30. The van der Waals surface area contributed by atoms with Gasteiger partial charge in [0.05, 0.1) is 36.9 Å². The van der Waals surface area contributed by atoms with Crippen molar-refractivity contribution >= 4 is 17.2 Å². The van der Waals surface area contributed by atoms with Crippen molar-refractivity contribution in [1.82, 2.24) is 9.88 Å². The standard InChI is InChI=1S/C17H28N2O3S/c1-13(2)15-12-23-17(18-15)14-5-4-7-19(11-14)16(20)6-8-22-10-9-21-3/h12-14H,4-11H2,1-3H3. The first-order chi connectivity index (χ1) is 11.1. The zero-order valence-corrected chi connectivity index (χ0v) is 15.2. The van der Waals surface area contributed by atoms with E-state index >= 15 is 0 Å². The molecular formula is C17H28N2O3S. The third-order valence-electron chi connectivity index (χ3n) is 4.15. The first-order valence-corrected chi connectivity index (χ1v) is 9.29. The molecule has 0 N–H and O–H groups in total. The zero-order valence-electron chi connectivity index (χ0n) is 14.4. The van der Waals surface area contributed by atoms with Gasteiger partial charge in [0, 0.05) is 31.5 Å². The van der Waals surface area contributed by atoms with E-state index in [1.54, 1.807) is 18.4 Å². The first kappa shape index (κ1) is 18.4. The number of carbonyl (C=O) groups excluding carboxylic acids is 1. The third kappa shape index (κ3) is 5.55. The maximum atomic E-state index is 12.3. The molecule has 6 heteroatoms. The molecule has 0 bridgehead atoms. The molecule has 1 fully saturated rings. The Morgan fingerprint density at radius 3 is 2.96 bits per heavy atom. The average Bonchev–Trinajstić information content (AvgIpc) is 3.05. The summed E-state index contributed by atoms with van der Waals surface area (Å²) in [5.41, 5.74) is 1.17. The summed E-state index contributed by atoms with van der Waals surface area (Å²) in [7, 11) is 1.64. The second-order valence-corrected chi connectivity index (χ2v) is 7.19. The summed E-state index contributed by atoms with van der Waals surface area (Å²) in [4.78, 5) is 19.1. The summed E-state index contributed by atoms with van der Waals surface area (Å²) >= 11 is 1.74. The van der Waals surface area contributed by atoms with Crippen molar-refractivity contribution in [3.05, 3.63) is 16.1 Å². The van der Waals surface area contributed by atoms with Crippen LogP contribution in [0.25, 0.3) is 0 Å². The monoisotopic (exact) mass is 340 g/mol. The highest BCUT2D eigenvalue weighted by atomic mass is 32.1. The largest absolute Gasteiger partial charge is 0.382 e. The molecule has 1 unspecified atom stereocenters. The van der Waals surface area contributed by atoms with Gasteiger partial charge >= 0.3 is 0 Å². The van der Waals surface area contributed by atoms with Crippen molar-refractivity contribution < 1.29 is 14.3 Å². The van der Waals surface area contributed by atoms with Crippen LogP contribution in [0.2, 0.25) is 0 Å². The Morgan fingerprint density at radius 1 is 1.43 bits per heavy atom. The quantitative estimate of drug-likeness (QED) is 0.683. The third-order valence-corrected chi connectivity index (χ3v) is 5.17. The number of likely N-dealkylation sites (tertiary alicyclic amines) is 1. The van der Waals surface area contributed by atoms with E-state index in [1.165, 1.54) is 10.7 Å². The van der Waals surface area contributed by atoms with Crippen LogP contribution in [0.1, 0.15) is 55.6 Å². The summed E-state index contributed by atoms with van der Waals surface area (Å²) in [6.07, 6.45) is 2.63. The van der Waals surface area contributed by atoms with Crippen LogP contribution >= 0.6 is 11.3 Å². The van der Waals surface area contributed by atoms with Crippen molar-refractivity contribution in [1.29, 1.82) is 0 Å². The maximum absolute atomic E-state index is 12.3. The molecule has 2 heterocycles. The summed E-state index contributed by atoms with van der Waals surface area (Å²) in [5, 5.41) is 3.34. The number of aromatic nitrogens is 1. The van der Waals surface area contributed by atoms with E-state index in [0.29, 0.717) is 38.1 Å². The Labute approximate surface area is 143 Å². The number of amides is 1. The lowest BCUT2D eigenvalue weighted by atomic mass is 9.98. The maximum Gasteiger partial charge on any atom is 0.224 e. The summed E-state index contributed by atoms with van der Waals surface area (Å²) in [5.74, 6) is 1.04. The number of methoxy groups -OCH3 is 1. The Kier molecular flexibility index (Phi) is 7.46. The van der Waals surface area contributed by atoms with Gasteiger partial charge in [-0.25, -0.2) is 4.98 Å². The molecule has 1 atom stereocenters. The molecule has 1 amide bonds. The topological polar surface area (TPSA) is 51.7 Å². The van der Waals surface area contributed by atoms with Crippen LogP contribution in [0.5, 0.6) is 0 Å². The molecule has 2 rings (SSSR count). The van der Waals surface area contributed by atoms with Gasteiger partial charge in [-0.3, -0.25) is 4.79 Å². The second kappa shape index (κ2) is 9.35. The van der Waals surface area contributed by atoms with Crippen molar-refractivity contribution in [3.63, 3.8) is 0 Å². The van der Waals surface area contributed by atoms with Gasteiger partial charge in [-0.05, 0) is 18.8 Å². The molecule has 1 aromatic heterocycles. The van der Waals surface area contributed by atoms with Gasteiger partial charge in [0.15, 0.2) is 0 Å². The molecule has 1 aromatic rings. The van der Waals surface area contributed by atoms with E-state index in [9.17, 15) is 4.79 Å². The number of rotatable bonds is 8. The van der Waals surface area contributed by atoms with Crippen molar-refractivity contribution in [2.75, 3.05) is 40.0 Å². The van der Waals surface area contributed by atoms with E-state index in [0.717, 1.165) is 25.9 Å². The van der Waals surface area contributed by atoms with Crippen molar-refractivity contribution in [3.8, 4) is 0 Å². The fraction of sp³-hybridized carbons (Fsp3) is 0.765. The summed E-state index contributed by atoms with van der Waals surface area (Å²) < 4.78 is 10.3. The molecule has 0 spiro atoms. The number of carbonyl (C=O) groups is 1. The zero-order chi connectivity index (χ0) is 16.7. The number of piperidine rings is 1. The molecule has 130 valence electrons. The van der Waals surface area contributed by atoms with E-state index in [1.807, 2.05) is 4.90 Å². The van der Waals surface area contributed by atoms with E-state index in [4.69, 9.17) is 14.5 Å². The molecule has 0 aromatic carbocycles. The van der Waals surface area contributed by atoms with Crippen LogP contribution < -0.4 is 0 Å². The molecule has 0 radical (unpaired) electrons. The molecule has 0 saturated carbocycles.